The maximum absolute atomic E-state index is 5.30. The van der Waals surface area contributed by atoms with Gasteiger partial charge in [-0.2, -0.15) is 0 Å². The van der Waals surface area contributed by atoms with Crippen LogP contribution in [0.5, 0.6) is 0 Å². The van der Waals surface area contributed by atoms with E-state index in [1.165, 1.54) is 55.8 Å². The number of benzene rings is 6. The average molecular weight is 687 g/mol. The minimum absolute atomic E-state index is 0.0820. The molecule has 0 bridgehead atoms. The lowest BCUT2D eigenvalue weighted by atomic mass is 9.58. The number of nitrogens with zero attached hydrogens (tertiary/aromatic N) is 4. The van der Waals surface area contributed by atoms with E-state index in [1.54, 1.807) is 0 Å². The first-order valence-electron chi connectivity index (χ1n) is 18.8. The van der Waals surface area contributed by atoms with Gasteiger partial charge in [0.2, 0.25) is 0 Å². The summed E-state index contributed by atoms with van der Waals surface area (Å²) in [5.74, 6) is 2.15. The Morgan fingerprint density at radius 1 is 0.509 bits per heavy atom. The van der Waals surface area contributed by atoms with Crippen molar-refractivity contribution >= 4 is 43.6 Å². The lowest BCUT2D eigenvalue weighted by Crippen LogP contribution is -2.40. The predicted octanol–water partition coefficient (Wildman–Crippen LogP) is 12.6. The summed E-state index contributed by atoms with van der Waals surface area (Å²) in [5, 5.41) is 4.92. The van der Waals surface area contributed by atoms with Gasteiger partial charge in [0.1, 0.15) is 5.82 Å². The van der Waals surface area contributed by atoms with Crippen LogP contribution in [0.3, 0.4) is 0 Å². The Morgan fingerprint density at radius 3 is 1.77 bits per heavy atom. The van der Waals surface area contributed by atoms with Crippen LogP contribution in [-0.2, 0) is 10.8 Å². The highest BCUT2D eigenvalue weighted by atomic mass is 15.1. The number of hydrogen-bond acceptors (Lipinski definition) is 2. The molecule has 0 saturated heterocycles. The van der Waals surface area contributed by atoms with Crippen molar-refractivity contribution < 1.29 is 0 Å². The number of para-hydroxylation sites is 2. The highest BCUT2D eigenvalue weighted by molar-refractivity contribution is 6.19. The quantitative estimate of drug-likeness (QED) is 0.185. The molecular formula is C49H42N4. The molecule has 4 nitrogen and oxygen atoms in total. The lowest BCUT2D eigenvalue weighted by molar-refractivity contribution is 0.233. The van der Waals surface area contributed by atoms with Crippen molar-refractivity contribution in [2.24, 2.45) is 5.92 Å². The van der Waals surface area contributed by atoms with Crippen LogP contribution in [0.15, 0.2) is 146 Å². The van der Waals surface area contributed by atoms with Crippen molar-refractivity contribution in [3.05, 3.63) is 157 Å². The first-order valence-corrected chi connectivity index (χ1v) is 18.8. The van der Waals surface area contributed by atoms with Crippen molar-refractivity contribution in [1.29, 1.82) is 0 Å². The first kappa shape index (κ1) is 31.7. The summed E-state index contributed by atoms with van der Waals surface area (Å²) in [6, 6.07) is 52.5. The Hall–Kier alpha value is -6.00. The summed E-state index contributed by atoms with van der Waals surface area (Å²) in [5.41, 5.74) is 11.9. The van der Waals surface area contributed by atoms with Gasteiger partial charge in [0.25, 0.3) is 0 Å². The van der Waals surface area contributed by atoms with Gasteiger partial charge in [0.05, 0.1) is 27.8 Å². The summed E-state index contributed by atoms with van der Waals surface area (Å²) < 4.78 is 4.82. The molecule has 1 aliphatic carbocycles. The molecule has 6 aromatic carbocycles. The molecule has 0 N–H and O–H groups in total. The van der Waals surface area contributed by atoms with Crippen LogP contribution in [0, 0.1) is 5.92 Å². The minimum atomic E-state index is 0.0820. The second-order valence-corrected chi connectivity index (χ2v) is 16.2. The first-order chi connectivity index (χ1) is 25.7. The third kappa shape index (κ3) is 4.81. The van der Waals surface area contributed by atoms with Crippen molar-refractivity contribution in [2.45, 2.75) is 51.9 Å². The summed E-state index contributed by atoms with van der Waals surface area (Å²) in [6.07, 6.45) is 1.17. The van der Waals surface area contributed by atoms with Crippen LogP contribution in [-0.4, -0.2) is 19.1 Å². The minimum Gasteiger partial charge on any atom is -0.309 e. The van der Waals surface area contributed by atoms with Gasteiger partial charge in [-0.3, -0.25) is 4.57 Å². The molecule has 3 aromatic heterocycles. The highest BCUT2D eigenvalue weighted by Crippen LogP contribution is 2.50. The Kier molecular flexibility index (Phi) is 6.88. The van der Waals surface area contributed by atoms with Crippen LogP contribution >= 0.6 is 0 Å². The van der Waals surface area contributed by atoms with E-state index in [1.807, 2.05) is 24.3 Å². The van der Waals surface area contributed by atoms with Gasteiger partial charge in [-0.1, -0.05) is 138 Å². The molecule has 0 fully saturated rings. The zero-order chi connectivity index (χ0) is 36.1. The smallest absolute Gasteiger partial charge is 0.162 e. The van der Waals surface area contributed by atoms with Gasteiger partial charge in [-0.25, -0.2) is 9.97 Å². The summed E-state index contributed by atoms with van der Waals surface area (Å²) >= 11 is 0. The number of fused-ring (bicyclic) bond motifs is 7. The molecule has 1 aliphatic rings. The highest BCUT2D eigenvalue weighted by Gasteiger charge is 2.42. The Bertz CT molecular complexity index is 2820. The Balaban J connectivity index is 1.29. The molecule has 0 radical (unpaired) electrons. The van der Waals surface area contributed by atoms with Gasteiger partial charge in [-0.15, -0.1) is 0 Å². The zero-order valence-corrected chi connectivity index (χ0v) is 30.9. The standard InChI is InChI=1S/C49H42N4/c1-31-30-48(2,3)40-26-34(24-25-39(40)49(31,4)5)52-42-22-14-12-20-35(42)37-27-38-36-21-13-15-23-43(36)53(45(38)29-44(37)52)46-28-41(32-16-8-6-9-17-32)50-47(51-46)33-18-10-7-11-19-33/h6-29,31H,30H2,1-5H3. The van der Waals surface area contributed by atoms with E-state index in [2.05, 4.69) is 165 Å². The fourth-order valence-corrected chi connectivity index (χ4v) is 9.17. The monoisotopic (exact) mass is 686 g/mol. The fraction of sp³-hybridized carbons (Fsp3) is 0.184. The molecule has 1 unspecified atom stereocenters. The largest absolute Gasteiger partial charge is 0.309 e. The second-order valence-electron chi connectivity index (χ2n) is 16.2. The van der Waals surface area contributed by atoms with Crippen LogP contribution < -0.4 is 0 Å². The van der Waals surface area contributed by atoms with Crippen LogP contribution in [0.25, 0.3) is 77.8 Å². The topological polar surface area (TPSA) is 35.6 Å². The average Bonchev–Trinajstić information content (AvgIpc) is 3.68. The van der Waals surface area contributed by atoms with Crippen molar-refractivity contribution in [3.8, 4) is 34.2 Å². The van der Waals surface area contributed by atoms with Gasteiger partial charge >= 0.3 is 0 Å². The molecule has 9 aromatic rings. The SMILES string of the molecule is CC1CC(C)(C)c2cc(-n3c4ccccc4c4cc5c6ccccc6n(-c6cc(-c7ccccc7)nc(-c7ccccc7)n6)c5cc43)ccc2C1(C)C. The van der Waals surface area contributed by atoms with Gasteiger partial charge in [0.15, 0.2) is 5.82 Å². The normalized spacial score (nSPS) is 16.4. The summed E-state index contributed by atoms with van der Waals surface area (Å²) in [4.78, 5) is 10.4. The molecule has 10 rings (SSSR count). The van der Waals surface area contributed by atoms with Crippen molar-refractivity contribution in [1.82, 2.24) is 19.1 Å². The van der Waals surface area contributed by atoms with Crippen LogP contribution in [0.4, 0.5) is 0 Å². The molecule has 258 valence electrons. The molecular weight excluding hydrogens is 645 g/mol. The van der Waals surface area contributed by atoms with Gasteiger partial charge in [-0.05, 0) is 70.7 Å². The molecule has 53 heavy (non-hydrogen) atoms. The molecule has 0 aliphatic heterocycles. The van der Waals surface area contributed by atoms with E-state index < -0.39 is 0 Å². The Morgan fingerprint density at radius 2 is 1.09 bits per heavy atom. The molecule has 0 amide bonds. The van der Waals surface area contributed by atoms with Gasteiger partial charge < -0.3 is 4.57 Å². The zero-order valence-electron chi connectivity index (χ0n) is 30.9. The van der Waals surface area contributed by atoms with Gasteiger partial charge in [0, 0.05) is 44.4 Å². The van der Waals surface area contributed by atoms with E-state index in [-0.39, 0.29) is 10.8 Å². The fourth-order valence-electron chi connectivity index (χ4n) is 9.17. The lowest BCUT2D eigenvalue weighted by Gasteiger charge is -2.46. The molecule has 0 saturated carbocycles. The summed E-state index contributed by atoms with van der Waals surface area (Å²) in [6.45, 7) is 12.1. The number of hydrogen-bond donors (Lipinski definition) is 0. The van der Waals surface area contributed by atoms with E-state index in [9.17, 15) is 0 Å². The molecule has 0 spiro atoms. The molecule has 1 atom stereocenters. The number of aromatic nitrogens is 4. The molecule has 4 heteroatoms. The van der Waals surface area contributed by atoms with Crippen molar-refractivity contribution in [2.75, 3.05) is 0 Å². The molecule has 3 heterocycles. The summed E-state index contributed by atoms with van der Waals surface area (Å²) in [7, 11) is 0. The van der Waals surface area contributed by atoms with E-state index in [4.69, 9.17) is 9.97 Å². The Labute approximate surface area is 310 Å². The van der Waals surface area contributed by atoms with Crippen LogP contribution in [0.2, 0.25) is 0 Å². The van der Waals surface area contributed by atoms with E-state index in [0.717, 1.165) is 33.7 Å². The number of rotatable bonds is 4. The van der Waals surface area contributed by atoms with Crippen LogP contribution in [0.1, 0.15) is 52.2 Å². The third-order valence-electron chi connectivity index (χ3n) is 12.2. The third-order valence-corrected chi connectivity index (χ3v) is 12.2. The maximum Gasteiger partial charge on any atom is 0.162 e. The van der Waals surface area contributed by atoms with Crippen molar-refractivity contribution in [3.63, 3.8) is 0 Å². The maximum atomic E-state index is 5.30. The second kappa shape index (κ2) is 11.5. The van der Waals surface area contributed by atoms with E-state index in [0.29, 0.717) is 11.7 Å². The van der Waals surface area contributed by atoms with E-state index >= 15 is 0 Å². The predicted molar refractivity (Wildman–Crippen MR) is 221 cm³/mol.